The van der Waals surface area contributed by atoms with E-state index in [2.05, 4.69) is 26.0 Å². The van der Waals surface area contributed by atoms with Crippen molar-refractivity contribution in [2.24, 2.45) is 11.7 Å². The van der Waals surface area contributed by atoms with E-state index in [1.54, 1.807) is 11.3 Å². The predicted molar refractivity (Wildman–Crippen MR) is 78.6 cm³/mol. The van der Waals surface area contributed by atoms with E-state index in [4.69, 9.17) is 10.7 Å². The Hall–Kier alpha value is -1.19. The molecule has 2 nitrogen and oxygen atoms in total. The van der Waals surface area contributed by atoms with Gasteiger partial charge in [0.15, 0.2) is 0 Å². The average Bonchev–Trinajstić information content (AvgIpc) is 2.80. The summed E-state index contributed by atoms with van der Waals surface area (Å²) in [4.78, 5) is 5.96. The molecule has 0 saturated heterocycles. The maximum Gasteiger partial charge on any atom is 0.0936 e. The lowest BCUT2D eigenvalue weighted by Crippen LogP contribution is -1.95. The second kappa shape index (κ2) is 6.12. The number of hydrogen-bond donors (Lipinski definition) is 1. The molecule has 0 radical (unpaired) electrons. The van der Waals surface area contributed by atoms with Gasteiger partial charge in [-0.05, 0) is 18.8 Å². The van der Waals surface area contributed by atoms with Crippen LogP contribution in [0.4, 0.5) is 0 Å². The molecule has 0 saturated carbocycles. The molecule has 0 fully saturated rings. The lowest BCUT2D eigenvalue weighted by Gasteiger charge is -2.00. The molecule has 3 heteroatoms. The summed E-state index contributed by atoms with van der Waals surface area (Å²) in [7, 11) is 0. The molecule has 0 aliphatic carbocycles. The van der Waals surface area contributed by atoms with E-state index in [9.17, 15) is 0 Å². The quantitative estimate of drug-likeness (QED) is 0.886. The molecule has 2 aromatic rings. The molecule has 2 N–H and O–H groups in total. The number of thiazole rings is 1. The van der Waals surface area contributed by atoms with Crippen LogP contribution in [-0.2, 0) is 13.0 Å². The van der Waals surface area contributed by atoms with E-state index in [0.29, 0.717) is 6.54 Å². The average molecular weight is 260 g/mol. The molecule has 1 aromatic carbocycles. The minimum atomic E-state index is 0.573. The molecule has 0 bridgehead atoms. The third-order valence-corrected chi connectivity index (χ3v) is 4.05. The summed E-state index contributed by atoms with van der Waals surface area (Å²) in [5.74, 6) is 0.718. The number of nitrogens with two attached hydrogens (primary N) is 1. The molecular formula is C15H20N2S. The molecule has 1 aromatic heterocycles. The maximum atomic E-state index is 5.83. The number of hydrogen-bond acceptors (Lipinski definition) is 3. The molecule has 18 heavy (non-hydrogen) atoms. The molecule has 0 aliphatic heterocycles. The molecular weight excluding hydrogens is 240 g/mol. The largest absolute Gasteiger partial charge is 0.326 e. The molecule has 0 aliphatic rings. The summed E-state index contributed by atoms with van der Waals surface area (Å²) in [6.07, 6.45) is 2.24. The van der Waals surface area contributed by atoms with Crippen molar-refractivity contribution in [2.45, 2.75) is 33.2 Å². The van der Waals surface area contributed by atoms with Crippen LogP contribution in [0.25, 0.3) is 11.3 Å². The Balaban J connectivity index is 2.25. The van der Waals surface area contributed by atoms with Crippen molar-refractivity contribution in [3.05, 3.63) is 40.2 Å². The first-order chi connectivity index (χ1) is 8.70. The molecule has 0 unspecified atom stereocenters. The van der Waals surface area contributed by atoms with Crippen LogP contribution in [0.15, 0.2) is 30.3 Å². The van der Waals surface area contributed by atoms with Gasteiger partial charge in [-0.3, -0.25) is 0 Å². The Bertz CT molecular complexity index is 488. The van der Waals surface area contributed by atoms with Crippen LogP contribution < -0.4 is 5.73 Å². The molecule has 0 spiro atoms. The first kappa shape index (κ1) is 13.2. The van der Waals surface area contributed by atoms with Crippen LogP contribution in [-0.4, -0.2) is 4.98 Å². The monoisotopic (exact) mass is 260 g/mol. The summed E-state index contributed by atoms with van der Waals surface area (Å²) in [6.45, 7) is 5.06. The van der Waals surface area contributed by atoms with Crippen LogP contribution in [0.3, 0.4) is 0 Å². The fraction of sp³-hybridized carbons (Fsp3) is 0.400. The minimum absolute atomic E-state index is 0.573. The summed E-state index contributed by atoms with van der Waals surface area (Å²) in [5.41, 5.74) is 8.07. The first-order valence-corrected chi connectivity index (χ1v) is 7.26. The van der Waals surface area contributed by atoms with Gasteiger partial charge in [0.1, 0.15) is 0 Å². The van der Waals surface area contributed by atoms with Crippen molar-refractivity contribution < 1.29 is 0 Å². The highest BCUT2D eigenvalue weighted by Crippen LogP contribution is 2.28. The second-order valence-corrected chi connectivity index (χ2v) is 6.05. The Labute approximate surface area is 113 Å². The van der Waals surface area contributed by atoms with Gasteiger partial charge in [0.2, 0.25) is 0 Å². The Morgan fingerprint density at radius 2 is 1.94 bits per heavy atom. The lowest BCUT2D eigenvalue weighted by atomic mass is 10.1. The Kier molecular flexibility index (Phi) is 4.50. The van der Waals surface area contributed by atoms with Gasteiger partial charge in [-0.15, -0.1) is 11.3 Å². The summed E-state index contributed by atoms with van der Waals surface area (Å²) >= 11 is 1.76. The topological polar surface area (TPSA) is 38.9 Å². The van der Waals surface area contributed by atoms with Crippen LogP contribution in [0, 0.1) is 5.92 Å². The zero-order valence-electron chi connectivity index (χ0n) is 11.0. The summed E-state index contributed by atoms with van der Waals surface area (Å²) in [5, 5.41) is 1.21. The van der Waals surface area contributed by atoms with Gasteiger partial charge in [0.05, 0.1) is 10.7 Å². The van der Waals surface area contributed by atoms with Crippen molar-refractivity contribution in [1.29, 1.82) is 0 Å². The Morgan fingerprint density at radius 3 is 2.56 bits per heavy atom. The normalized spacial score (nSPS) is 11.1. The van der Waals surface area contributed by atoms with Gasteiger partial charge in [0, 0.05) is 17.0 Å². The van der Waals surface area contributed by atoms with E-state index in [1.165, 1.54) is 21.9 Å². The number of aryl methyl sites for hydroxylation is 1. The van der Waals surface area contributed by atoms with Crippen LogP contribution in [0.2, 0.25) is 0 Å². The fourth-order valence-electron chi connectivity index (χ4n) is 1.88. The molecule has 2 rings (SSSR count). The molecule has 0 amide bonds. The van der Waals surface area contributed by atoms with Gasteiger partial charge < -0.3 is 5.73 Å². The number of rotatable bonds is 5. The highest BCUT2D eigenvalue weighted by atomic mass is 32.1. The number of nitrogens with zero attached hydrogens (tertiary/aromatic N) is 1. The van der Waals surface area contributed by atoms with Crippen molar-refractivity contribution in [2.75, 3.05) is 0 Å². The number of aromatic nitrogens is 1. The van der Waals surface area contributed by atoms with Crippen molar-refractivity contribution >= 4 is 11.3 Å². The molecule has 1 heterocycles. The third-order valence-electron chi connectivity index (χ3n) is 2.91. The van der Waals surface area contributed by atoms with Gasteiger partial charge in [-0.2, -0.15) is 0 Å². The SMILES string of the molecule is CC(C)CCc1nc(-c2ccccc2)c(CN)s1. The molecule has 0 atom stereocenters. The van der Waals surface area contributed by atoms with Gasteiger partial charge in [0.25, 0.3) is 0 Å². The van der Waals surface area contributed by atoms with E-state index < -0.39 is 0 Å². The van der Waals surface area contributed by atoms with E-state index in [-0.39, 0.29) is 0 Å². The lowest BCUT2D eigenvalue weighted by molar-refractivity contribution is 0.585. The van der Waals surface area contributed by atoms with Gasteiger partial charge in [-0.25, -0.2) is 4.98 Å². The van der Waals surface area contributed by atoms with Crippen molar-refractivity contribution in [3.63, 3.8) is 0 Å². The van der Waals surface area contributed by atoms with Crippen LogP contribution in [0.1, 0.15) is 30.2 Å². The van der Waals surface area contributed by atoms with Gasteiger partial charge in [-0.1, -0.05) is 44.2 Å². The fourth-order valence-corrected chi connectivity index (χ4v) is 2.86. The maximum absolute atomic E-state index is 5.83. The zero-order chi connectivity index (χ0) is 13.0. The predicted octanol–water partition coefficient (Wildman–Crippen LogP) is 3.86. The second-order valence-electron chi connectivity index (χ2n) is 4.88. The molecule has 96 valence electrons. The smallest absolute Gasteiger partial charge is 0.0936 e. The van der Waals surface area contributed by atoms with Crippen LogP contribution in [0.5, 0.6) is 0 Å². The standard InChI is InChI=1S/C15H20N2S/c1-11(2)8-9-14-17-15(13(10-16)18-14)12-6-4-3-5-7-12/h3-7,11H,8-10,16H2,1-2H3. The summed E-state index contributed by atoms with van der Waals surface area (Å²) in [6, 6.07) is 10.3. The minimum Gasteiger partial charge on any atom is -0.326 e. The summed E-state index contributed by atoms with van der Waals surface area (Å²) < 4.78 is 0. The highest BCUT2D eigenvalue weighted by Gasteiger charge is 2.11. The first-order valence-electron chi connectivity index (χ1n) is 6.44. The van der Waals surface area contributed by atoms with Crippen LogP contribution >= 0.6 is 11.3 Å². The van der Waals surface area contributed by atoms with Crippen molar-refractivity contribution in [1.82, 2.24) is 4.98 Å². The van der Waals surface area contributed by atoms with E-state index in [0.717, 1.165) is 18.0 Å². The third kappa shape index (κ3) is 3.18. The van der Waals surface area contributed by atoms with E-state index in [1.807, 2.05) is 18.2 Å². The zero-order valence-corrected chi connectivity index (χ0v) is 11.8. The van der Waals surface area contributed by atoms with Crippen molar-refractivity contribution in [3.8, 4) is 11.3 Å². The number of benzene rings is 1. The Morgan fingerprint density at radius 1 is 1.22 bits per heavy atom. The highest BCUT2D eigenvalue weighted by molar-refractivity contribution is 7.12. The van der Waals surface area contributed by atoms with Gasteiger partial charge >= 0.3 is 0 Å². The van der Waals surface area contributed by atoms with E-state index >= 15 is 0 Å².